The van der Waals surface area contributed by atoms with E-state index in [2.05, 4.69) is 5.10 Å². The predicted octanol–water partition coefficient (Wildman–Crippen LogP) is 2.97. The van der Waals surface area contributed by atoms with E-state index in [4.69, 9.17) is 5.11 Å². The molecule has 0 unspecified atom stereocenters. The first-order valence-electron chi connectivity index (χ1n) is 6.55. The van der Waals surface area contributed by atoms with Gasteiger partial charge in [-0.2, -0.15) is 23.3 Å². The van der Waals surface area contributed by atoms with Crippen LogP contribution in [0.2, 0.25) is 0 Å². The number of nitrogens with zero attached hydrogens (tertiary/aromatic N) is 2. The van der Waals surface area contributed by atoms with Crippen LogP contribution in [0.15, 0.2) is 34.4 Å². The van der Waals surface area contributed by atoms with Gasteiger partial charge < -0.3 is 5.11 Å². The van der Waals surface area contributed by atoms with E-state index in [1.807, 2.05) is 6.07 Å². The average Bonchev–Trinajstić information content (AvgIpc) is 2.64. The van der Waals surface area contributed by atoms with Crippen LogP contribution in [0, 0.1) is 13.8 Å². The van der Waals surface area contributed by atoms with Crippen LogP contribution in [0.1, 0.15) is 18.1 Å². The van der Waals surface area contributed by atoms with E-state index in [9.17, 15) is 22.8 Å². The summed E-state index contributed by atoms with van der Waals surface area (Å²) in [5.41, 5.74) is -1.25. The number of hydrogen-bond donors (Lipinski definition) is 1. The molecule has 0 saturated carbocycles. The number of aliphatic carboxylic acids is 1. The molecule has 23 heavy (non-hydrogen) atoms. The average molecular weight is 326 g/mol. The number of benzene rings is 1. The van der Waals surface area contributed by atoms with Gasteiger partial charge in [0.2, 0.25) is 0 Å². The van der Waals surface area contributed by atoms with Gasteiger partial charge in [0, 0.05) is 0 Å². The second-order valence-electron chi connectivity index (χ2n) is 5.20. The van der Waals surface area contributed by atoms with Crippen LogP contribution in [0.4, 0.5) is 18.9 Å². The normalized spacial score (nSPS) is 17.4. The summed E-state index contributed by atoms with van der Waals surface area (Å²) in [4.78, 5) is 23.3. The number of carboxylic acids is 1. The fourth-order valence-corrected chi connectivity index (χ4v) is 2.41. The molecule has 5 nitrogen and oxygen atoms in total. The van der Waals surface area contributed by atoms with E-state index in [0.29, 0.717) is 0 Å². The maximum Gasteiger partial charge on any atom is 0.424 e. The topological polar surface area (TPSA) is 70.0 Å². The number of carboxylic acid groups (broad SMARTS) is 1. The number of hydrazone groups is 1. The number of carbonyl (C=O) groups is 2. The largest absolute Gasteiger partial charge is 0.478 e. The molecule has 1 N–H and O–H groups in total. The number of aryl methyl sites for hydroxylation is 2. The molecule has 1 aromatic carbocycles. The minimum absolute atomic E-state index is 0.286. The van der Waals surface area contributed by atoms with Crippen molar-refractivity contribution >= 4 is 23.3 Å². The minimum Gasteiger partial charge on any atom is -0.478 e. The number of hydrogen-bond acceptors (Lipinski definition) is 3. The summed E-state index contributed by atoms with van der Waals surface area (Å²) in [5, 5.41) is 13.4. The molecule has 0 saturated heterocycles. The van der Waals surface area contributed by atoms with E-state index in [1.54, 1.807) is 26.0 Å². The Hall–Kier alpha value is -2.64. The van der Waals surface area contributed by atoms with Gasteiger partial charge in [-0.05, 0) is 44.0 Å². The van der Waals surface area contributed by atoms with Crippen molar-refractivity contribution in [1.29, 1.82) is 0 Å². The van der Waals surface area contributed by atoms with Crippen LogP contribution < -0.4 is 5.01 Å². The Kier molecular flexibility index (Phi) is 4.02. The first-order chi connectivity index (χ1) is 10.5. The molecule has 1 aromatic rings. The van der Waals surface area contributed by atoms with Gasteiger partial charge in [-0.1, -0.05) is 6.07 Å². The Bertz CT molecular complexity index is 743. The second-order valence-corrected chi connectivity index (χ2v) is 5.20. The SMILES string of the molecule is CC1=NN(c2cc(C)cc(C)c2)C(=O)C1=C(C(=O)O)C(F)(F)F. The van der Waals surface area contributed by atoms with Gasteiger partial charge in [0.15, 0.2) is 5.57 Å². The number of carbonyl (C=O) groups excluding carboxylic acids is 1. The zero-order valence-electron chi connectivity index (χ0n) is 12.5. The molecule has 0 aliphatic carbocycles. The molecular weight excluding hydrogens is 313 g/mol. The zero-order valence-corrected chi connectivity index (χ0v) is 12.5. The van der Waals surface area contributed by atoms with Crippen molar-refractivity contribution < 1.29 is 27.9 Å². The van der Waals surface area contributed by atoms with Crippen LogP contribution in [0.25, 0.3) is 0 Å². The second kappa shape index (κ2) is 5.53. The standard InChI is InChI=1S/C15H13F3N2O3/c1-7-4-8(2)6-10(5-7)20-13(21)11(9(3)19-20)12(14(22)23)15(16,17)18/h4-6H,1-3H3,(H,22,23). The minimum atomic E-state index is -5.16. The third-order valence-electron chi connectivity index (χ3n) is 3.22. The molecule has 0 spiro atoms. The van der Waals surface area contributed by atoms with Crippen molar-refractivity contribution in [2.75, 3.05) is 5.01 Å². The molecule has 1 aliphatic rings. The van der Waals surface area contributed by atoms with E-state index >= 15 is 0 Å². The molecule has 2 rings (SSSR count). The molecule has 8 heteroatoms. The first kappa shape index (κ1) is 16.7. The highest BCUT2D eigenvalue weighted by molar-refractivity contribution is 6.32. The van der Waals surface area contributed by atoms with Crippen LogP contribution in [-0.4, -0.2) is 28.9 Å². The number of anilines is 1. The van der Waals surface area contributed by atoms with Gasteiger partial charge in [0.1, 0.15) is 0 Å². The lowest BCUT2D eigenvalue weighted by Crippen LogP contribution is -2.29. The summed E-state index contributed by atoms with van der Waals surface area (Å²) in [7, 11) is 0. The fourth-order valence-electron chi connectivity index (χ4n) is 2.41. The third-order valence-corrected chi connectivity index (χ3v) is 3.22. The van der Waals surface area contributed by atoms with E-state index in [1.165, 1.54) is 6.92 Å². The van der Waals surface area contributed by atoms with Crippen LogP contribution in [-0.2, 0) is 9.59 Å². The molecule has 1 aliphatic heterocycles. The maximum atomic E-state index is 13.0. The van der Waals surface area contributed by atoms with Crippen molar-refractivity contribution in [2.24, 2.45) is 5.10 Å². The lowest BCUT2D eigenvalue weighted by molar-refractivity contribution is -0.145. The van der Waals surface area contributed by atoms with E-state index < -0.39 is 29.2 Å². The van der Waals surface area contributed by atoms with Crippen molar-refractivity contribution in [1.82, 2.24) is 0 Å². The summed E-state index contributed by atoms with van der Waals surface area (Å²) >= 11 is 0. The van der Waals surface area contributed by atoms with Crippen molar-refractivity contribution in [3.05, 3.63) is 40.5 Å². The Morgan fingerprint density at radius 3 is 2.09 bits per heavy atom. The smallest absolute Gasteiger partial charge is 0.424 e. The molecule has 0 radical (unpaired) electrons. The van der Waals surface area contributed by atoms with Gasteiger partial charge in [-0.15, -0.1) is 0 Å². The summed E-state index contributed by atoms with van der Waals surface area (Å²) in [6.45, 7) is 4.70. The van der Waals surface area contributed by atoms with Gasteiger partial charge in [0.05, 0.1) is 17.0 Å². The Balaban J connectivity index is 2.60. The molecule has 122 valence electrons. The zero-order chi connectivity index (χ0) is 17.5. The van der Waals surface area contributed by atoms with Crippen LogP contribution >= 0.6 is 0 Å². The highest BCUT2D eigenvalue weighted by atomic mass is 19.4. The van der Waals surface area contributed by atoms with Gasteiger partial charge >= 0.3 is 12.1 Å². The summed E-state index contributed by atoms with van der Waals surface area (Å²) in [5.74, 6) is -3.32. The number of amides is 1. The van der Waals surface area contributed by atoms with Crippen LogP contribution in [0.5, 0.6) is 0 Å². The number of halogens is 3. The Morgan fingerprint density at radius 2 is 1.65 bits per heavy atom. The molecule has 0 bridgehead atoms. The number of rotatable bonds is 2. The quantitative estimate of drug-likeness (QED) is 0.850. The van der Waals surface area contributed by atoms with Gasteiger partial charge in [-0.25, -0.2) is 4.79 Å². The maximum absolute atomic E-state index is 13.0. The molecule has 1 amide bonds. The highest BCUT2D eigenvalue weighted by Crippen LogP contribution is 2.34. The lowest BCUT2D eigenvalue weighted by atomic mass is 10.0. The summed E-state index contributed by atoms with van der Waals surface area (Å²) in [6, 6.07) is 4.99. The van der Waals surface area contributed by atoms with Crippen molar-refractivity contribution in [3.8, 4) is 0 Å². The molecule has 0 fully saturated rings. The summed E-state index contributed by atoms with van der Waals surface area (Å²) < 4.78 is 38.9. The Labute approximate surface area is 129 Å². The van der Waals surface area contributed by atoms with Crippen LogP contribution in [0.3, 0.4) is 0 Å². The predicted molar refractivity (Wildman–Crippen MR) is 77.2 cm³/mol. The van der Waals surface area contributed by atoms with E-state index in [-0.39, 0.29) is 11.4 Å². The monoisotopic (exact) mass is 326 g/mol. The molecule has 0 atom stereocenters. The first-order valence-corrected chi connectivity index (χ1v) is 6.55. The van der Waals surface area contributed by atoms with Crippen molar-refractivity contribution in [2.45, 2.75) is 26.9 Å². The van der Waals surface area contributed by atoms with Gasteiger partial charge in [-0.3, -0.25) is 4.79 Å². The van der Waals surface area contributed by atoms with Gasteiger partial charge in [0.25, 0.3) is 5.91 Å². The molecular formula is C15H13F3N2O3. The van der Waals surface area contributed by atoms with Crippen molar-refractivity contribution in [3.63, 3.8) is 0 Å². The molecule has 0 aromatic heterocycles. The highest BCUT2D eigenvalue weighted by Gasteiger charge is 2.46. The summed E-state index contributed by atoms with van der Waals surface area (Å²) in [6.07, 6.45) is -5.16. The third kappa shape index (κ3) is 3.10. The number of alkyl halides is 3. The van der Waals surface area contributed by atoms with E-state index in [0.717, 1.165) is 16.1 Å². The fraction of sp³-hybridized carbons (Fsp3) is 0.267. The lowest BCUT2D eigenvalue weighted by Gasteiger charge is -2.14. The molecule has 1 heterocycles. The Morgan fingerprint density at radius 1 is 1.13 bits per heavy atom.